The first-order chi connectivity index (χ1) is 10.0. The molecule has 1 amide bonds. The number of aliphatic hydroxyl groups excluding tert-OH is 1. The maximum absolute atomic E-state index is 12.2. The van der Waals surface area contributed by atoms with Crippen LogP contribution in [0.5, 0.6) is 5.75 Å². The Morgan fingerprint density at radius 1 is 1.29 bits per heavy atom. The zero-order valence-electron chi connectivity index (χ0n) is 13.3. The Labute approximate surface area is 127 Å². The minimum absolute atomic E-state index is 0.0643. The molecule has 0 aliphatic heterocycles. The molecule has 4 nitrogen and oxygen atoms in total. The number of benzene rings is 1. The SMILES string of the molecule is CCCCOc1ccc(C(=O)NC(C)(CC)CCO)cc1. The highest BCUT2D eigenvalue weighted by atomic mass is 16.5. The van der Waals surface area contributed by atoms with Crippen molar-refractivity contribution in [3.05, 3.63) is 29.8 Å². The van der Waals surface area contributed by atoms with Crippen molar-refractivity contribution in [1.82, 2.24) is 5.32 Å². The molecule has 2 N–H and O–H groups in total. The summed E-state index contributed by atoms with van der Waals surface area (Å²) in [5.41, 5.74) is 0.234. The number of amides is 1. The van der Waals surface area contributed by atoms with Crippen LogP contribution in [0.3, 0.4) is 0 Å². The van der Waals surface area contributed by atoms with Crippen molar-refractivity contribution in [3.8, 4) is 5.75 Å². The summed E-state index contributed by atoms with van der Waals surface area (Å²) in [5.74, 6) is 0.668. The third kappa shape index (κ3) is 5.76. The number of hydrogen-bond acceptors (Lipinski definition) is 3. The fraction of sp³-hybridized carbons (Fsp3) is 0.588. The van der Waals surface area contributed by atoms with Gasteiger partial charge in [-0.1, -0.05) is 20.3 Å². The minimum Gasteiger partial charge on any atom is -0.494 e. The van der Waals surface area contributed by atoms with Crippen LogP contribution in [0, 0.1) is 0 Å². The van der Waals surface area contributed by atoms with Gasteiger partial charge in [0, 0.05) is 17.7 Å². The molecular formula is C17H27NO3. The van der Waals surface area contributed by atoms with Crippen molar-refractivity contribution in [1.29, 1.82) is 0 Å². The first kappa shape index (κ1) is 17.5. The lowest BCUT2D eigenvalue weighted by molar-refractivity contribution is 0.0886. The van der Waals surface area contributed by atoms with Gasteiger partial charge in [0.15, 0.2) is 0 Å². The molecule has 0 radical (unpaired) electrons. The molecule has 1 rings (SSSR count). The average Bonchev–Trinajstić information content (AvgIpc) is 2.48. The number of carbonyl (C=O) groups is 1. The van der Waals surface area contributed by atoms with Crippen molar-refractivity contribution in [2.24, 2.45) is 0 Å². The summed E-state index contributed by atoms with van der Waals surface area (Å²) in [4.78, 5) is 12.2. The van der Waals surface area contributed by atoms with Crippen molar-refractivity contribution in [3.63, 3.8) is 0 Å². The van der Waals surface area contributed by atoms with Gasteiger partial charge < -0.3 is 15.2 Å². The molecule has 0 fully saturated rings. The van der Waals surface area contributed by atoms with Crippen molar-refractivity contribution < 1.29 is 14.6 Å². The lowest BCUT2D eigenvalue weighted by Crippen LogP contribution is -2.46. The Kier molecular flexibility index (Phi) is 7.23. The normalized spacial score (nSPS) is 13.5. The van der Waals surface area contributed by atoms with E-state index in [1.54, 1.807) is 12.1 Å². The number of carbonyl (C=O) groups excluding carboxylic acids is 1. The molecule has 0 saturated heterocycles. The zero-order chi connectivity index (χ0) is 15.7. The van der Waals surface area contributed by atoms with Crippen LogP contribution in [0.15, 0.2) is 24.3 Å². The van der Waals surface area contributed by atoms with Gasteiger partial charge in [0.2, 0.25) is 0 Å². The zero-order valence-corrected chi connectivity index (χ0v) is 13.3. The van der Waals surface area contributed by atoms with E-state index in [0.717, 1.165) is 25.0 Å². The molecule has 1 unspecified atom stereocenters. The highest BCUT2D eigenvalue weighted by molar-refractivity contribution is 5.94. The molecular weight excluding hydrogens is 266 g/mol. The summed E-state index contributed by atoms with van der Waals surface area (Å²) in [7, 11) is 0. The fourth-order valence-electron chi connectivity index (χ4n) is 1.96. The largest absolute Gasteiger partial charge is 0.494 e. The fourth-order valence-corrected chi connectivity index (χ4v) is 1.96. The minimum atomic E-state index is -0.373. The van der Waals surface area contributed by atoms with Crippen LogP contribution in [0.1, 0.15) is 56.8 Å². The quantitative estimate of drug-likeness (QED) is 0.688. The molecule has 118 valence electrons. The third-order valence-corrected chi connectivity index (χ3v) is 3.74. The van der Waals surface area contributed by atoms with Crippen LogP contribution in [0.25, 0.3) is 0 Å². The molecule has 0 aromatic heterocycles. The van der Waals surface area contributed by atoms with Crippen LogP contribution in [0.2, 0.25) is 0 Å². The lowest BCUT2D eigenvalue weighted by Gasteiger charge is -2.29. The van der Waals surface area contributed by atoms with E-state index in [0.29, 0.717) is 18.6 Å². The van der Waals surface area contributed by atoms with E-state index in [1.807, 2.05) is 26.0 Å². The van der Waals surface area contributed by atoms with Gasteiger partial charge in [0.25, 0.3) is 5.91 Å². The van der Waals surface area contributed by atoms with Crippen LogP contribution in [-0.4, -0.2) is 29.8 Å². The van der Waals surface area contributed by atoms with Crippen LogP contribution >= 0.6 is 0 Å². The van der Waals surface area contributed by atoms with Crippen molar-refractivity contribution in [2.75, 3.05) is 13.2 Å². The summed E-state index contributed by atoms with van der Waals surface area (Å²) in [6.07, 6.45) is 3.45. The molecule has 21 heavy (non-hydrogen) atoms. The third-order valence-electron chi connectivity index (χ3n) is 3.74. The molecule has 0 spiro atoms. The number of rotatable bonds is 9. The second kappa shape index (κ2) is 8.67. The van der Waals surface area contributed by atoms with Gasteiger partial charge >= 0.3 is 0 Å². The van der Waals surface area contributed by atoms with Gasteiger partial charge in [-0.25, -0.2) is 0 Å². The predicted octanol–water partition coefficient (Wildman–Crippen LogP) is 3.15. The molecule has 0 heterocycles. The average molecular weight is 293 g/mol. The van der Waals surface area contributed by atoms with Crippen LogP contribution in [0.4, 0.5) is 0 Å². The second-order valence-electron chi connectivity index (χ2n) is 5.57. The molecule has 0 aliphatic carbocycles. The monoisotopic (exact) mass is 293 g/mol. The Hall–Kier alpha value is -1.55. The van der Waals surface area contributed by atoms with Gasteiger partial charge in [-0.15, -0.1) is 0 Å². The lowest BCUT2D eigenvalue weighted by atomic mass is 9.94. The number of nitrogens with one attached hydrogen (secondary N) is 1. The number of aliphatic hydroxyl groups is 1. The van der Waals surface area contributed by atoms with Crippen LogP contribution in [-0.2, 0) is 0 Å². The Morgan fingerprint density at radius 3 is 2.48 bits per heavy atom. The van der Waals surface area contributed by atoms with Gasteiger partial charge in [-0.2, -0.15) is 0 Å². The summed E-state index contributed by atoms with van der Waals surface area (Å²) in [6.45, 7) is 6.83. The topological polar surface area (TPSA) is 58.6 Å². The number of hydrogen-bond donors (Lipinski definition) is 2. The first-order valence-corrected chi connectivity index (χ1v) is 7.71. The van der Waals surface area contributed by atoms with Crippen molar-refractivity contribution in [2.45, 2.75) is 52.0 Å². The molecule has 1 aromatic rings. The van der Waals surface area contributed by atoms with Gasteiger partial charge in [0.05, 0.1) is 6.61 Å². The summed E-state index contributed by atoms with van der Waals surface area (Å²) < 4.78 is 5.58. The van der Waals surface area contributed by atoms with Crippen LogP contribution < -0.4 is 10.1 Å². The van der Waals surface area contributed by atoms with E-state index >= 15 is 0 Å². The standard InChI is InChI=1S/C17H27NO3/c1-4-6-13-21-15-9-7-14(8-10-15)16(20)18-17(3,5-2)11-12-19/h7-10,19H,4-6,11-13H2,1-3H3,(H,18,20). The van der Waals surface area contributed by atoms with E-state index in [1.165, 1.54) is 0 Å². The molecule has 1 aromatic carbocycles. The van der Waals surface area contributed by atoms with E-state index in [9.17, 15) is 4.79 Å². The first-order valence-electron chi connectivity index (χ1n) is 7.71. The summed E-state index contributed by atoms with van der Waals surface area (Å²) >= 11 is 0. The second-order valence-corrected chi connectivity index (χ2v) is 5.57. The number of ether oxygens (including phenoxy) is 1. The van der Waals surface area contributed by atoms with Gasteiger partial charge in [-0.05, 0) is 50.5 Å². The van der Waals surface area contributed by atoms with E-state index in [-0.39, 0.29) is 18.1 Å². The number of unbranched alkanes of at least 4 members (excludes halogenated alkanes) is 1. The maximum Gasteiger partial charge on any atom is 0.251 e. The van der Waals surface area contributed by atoms with E-state index in [2.05, 4.69) is 12.2 Å². The van der Waals surface area contributed by atoms with E-state index < -0.39 is 0 Å². The molecule has 0 saturated carbocycles. The van der Waals surface area contributed by atoms with Gasteiger partial charge in [0.1, 0.15) is 5.75 Å². The smallest absolute Gasteiger partial charge is 0.251 e. The Balaban J connectivity index is 2.62. The highest BCUT2D eigenvalue weighted by Gasteiger charge is 2.24. The van der Waals surface area contributed by atoms with Gasteiger partial charge in [-0.3, -0.25) is 4.79 Å². The molecule has 1 atom stereocenters. The Morgan fingerprint density at radius 2 is 1.95 bits per heavy atom. The predicted molar refractivity (Wildman–Crippen MR) is 84.7 cm³/mol. The summed E-state index contributed by atoms with van der Waals surface area (Å²) in [6, 6.07) is 7.18. The maximum atomic E-state index is 12.2. The molecule has 0 bridgehead atoms. The highest BCUT2D eigenvalue weighted by Crippen LogP contribution is 2.17. The van der Waals surface area contributed by atoms with Crippen molar-refractivity contribution >= 4 is 5.91 Å². The van der Waals surface area contributed by atoms with E-state index in [4.69, 9.17) is 9.84 Å². The Bertz CT molecular complexity index is 430. The molecule has 4 heteroatoms. The summed E-state index contributed by atoms with van der Waals surface area (Å²) in [5, 5.41) is 12.1. The molecule has 0 aliphatic rings.